The summed E-state index contributed by atoms with van der Waals surface area (Å²) < 4.78 is 32.0. The second kappa shape index (κ2) is 10.1. The fraction of sp³-hybridized carbons (Fsp3) is 0.333. The number of nitrogens with zero attached hydrogens (tertiary/aromatic N) is 3. The van der Waals surface area contributed by atoms with E-state index in [1.165, 1.54) is 18.5 Å². The van der Waals surface area contributed by atoms with E-state index in [9.17, 15) is 18.4 Å². The Balaban J connectivity index is 1.32. The van der Waals surface area contributed by atoms with Gasteiger partial charge in [-0.05, 0) is 49.4 Å². The Hall–Kier alpha value is -3.66. The molecule has 1 fully saturated rings. The molecule has 10 heteroatoms. The van der Waals surface area contributed by atoms with Crippen molar-refractivity contribution in [3.8, 4) is 11.6 Å². The third-order valence-electron chi connectivity index (χ3n) is 6.09. The van der Waals surface area contributed by atoms with Crippen molar-refractivity contribution in [3.63, 3.8) is 0 Å². The summed E-state index contributed by atoms with van der Waals surface area (Å²) in [5.41, 5.74) is 0.978. The molecule has 2 N–H and O–H groups in total. The predicted molar refractivity (Wildman–Crippen MR) is 122 cm³/mol. The van der Waals surface area contributed by atoms with Crippen LogP contribution in [0.1, 0.15) is 31.7 Å². The predicted octanol–water partition coefficient (Wildman–Crippen LogP) is 3.69. The molecule has 3 aromatic rings. The summed E-state index contributed by atoms with van der Waals surface area (Å²) in [4.78, 5) is 37.1. The largest absolute Gasteiger partial charge is 0.434 e. The molecule has 1 saturated heterocycles. The summed E-state index contributed by atoms with van der Waals surface area (Å²) in [6, 6.07) is 5.96. The highest BCUT2D eigenvalue weighted by atomic mass is 19.1. The molecule has 178 valence electrons. The zero-order valence-corrected chi connectivity index (χ0v) is 18.8. The summed E-state index contributed by atoms with van der Waals surface area (Å²) in [6.07, 6.45) is 5.20. The number of carbonyl (C=O) groups excluding carboxylic acids is 1. The van der Waals surface area contributed by atoms with Crippen LogP contribution >= 0.6 is 0 Å². The number of anilines is 1. The molecule has 1 amide bonds. The number of hydrogen-bond donors (Lipinski definition) is 2. The third kappa shape index (κ3) is 5.45. The van der Waals surface area contributed by atoms with Gasteiger partial charge in [-0.15, -0.1) is 0 Å². The molecule has 0 saturated carbocycles. The molecule has 0 aliphatic carbocycles. The summed E-state index contributed by atoms with van der Waals surface area (Å²) in [6.45, 7) is 5.45. The number of benzene rings is 1. The van der Waals surface area contributed by atoms with Crippen molar-refractivity contribution in [1.29, 1.82) is 0 Å². The molecular weight excluding hydrogens is 444 g/mol. The second-order valence-corrected chi connectivity index (χ2v) is 8.44. The number of pyridine rings is 1. The second-order valence-electron chi connectivity index (χ2n) is 8.44. The van der Waals surface area contributed by atoms with E-state index in [0.29, 0.717) is 17.9 Å². The lowest BCUT2D eigenvalue weighted by Gasteiger charge is -2.39. The monoisotopic (exact) mass is 469 g/mol. The number of nitrogens with one attached hydrogen (secondary N) is 2. The summed E-state index contributed by atoms with van der Waals surface area (Å²) in [7, 11) is 0. The number of piperidine rings is 1. The molecule has 4 rings (SSSR count). The zero-order chi connectivity index (χ0) is 24.2. The highest BCUT2D eigenvalue weighted by Crippen LogP contribution is 2.33. The van der Waals surface area contributed by atoms with E-state index in [4.69, 9.17) is 4.74 Å². The van der Waals surface area contributed by atoms with Crippen molar-refractivity contribution in [1.82, 2.24) is 19.9 Å². The Morgan fingerprint density at radius 2 is 2.06 bits per heavy atom. The van der Waals surface area contributed by atoms with E-state index in [1.54, 1.807) is 6.20 Å². The number of H-pyrrole nitrogens is 1. The number of rotatable bonds is 6. The van der Waals surface area contributed by atoms with Crippen LogP contribution in [-0.4, -0.2) is 44.9 Å². The highest BCUT2D eigenvalue weighted by Gasteiger charge is 2.32. The van der Waals surface area contributed by atoms with E-state index in [-0.39, 0.29) is 35.0 Å². The number of ether oxygens (including phenoxy) is 1. The van der Waals surface area contributed by atoms with Crippen LogP contribution < -0.4 is 15.6 Å². The van der Waals surface area contributed by atoms with Crippen molar-refractivity contribution in [2.24, 2.45) is 5.92 Å². The first kappa shape index (κ1) is 23.5. The van der Waals surface area contributed by atoms with Crippen molar-refractivity contribution < 1.29 is 18.3 Å². The van der Waals surface area contributed by atoms with Crippen molar-refractivity contribution in [2.75, 3.05) is 18.4 Å². The molecule has 0 radical (unpaired) electrons. The van der Waals surface area contributed by atoms with Gasteiger partial charge in [-0.3, -0.25) is 14.5 Å². The smallest absolute Gasteiger partial charge is 0.247 e. The lowest BCUT2D eigenvalue weighted by Crippen LogP contribution is -2.48. The Bertz CT molecular complexity index is 1200. The maximum absolute atomic E-state index is 13.7. The van der Waals surface area contributed by atoms with Gasteiger partial charge in [0, 0.05) is 24.9 Å². The Kier molecular flexibility index (Phi) is 6.97. The van der Waals surface area contributed by atoms with Crippen LogP contribution in [0.15, 0.2) is 53.7 Å². The van der Waals surface area contributed by atoms with E-state index >= 15 is 0 Å². The zero-order valence-electron chi connectivity index (χ0n) is 18.8. The van der Waals surface area contributed by atoms with Crippen LogP contribution in [0.5, 0.6) is 11.6 Å². The summed E-state index contributed by atoms with van der Waals surface area (Å²) >= 11 is 0. The SMILES string of the molecule is C[C@@H]1CN([C@@H](C)C(=O)Nc2cnc(Oc3ccc(F)cc3F)cn2)CC[C@H]1c1ccc(=O)[nH]c1. The highest BCUT2D eigenvalue weighted by molar-refractivity contribution is 5.93. The van der Waals surface area contributed by atoms with Gasteiger partial charge in [0.05, 0.1) is 18.4 Å². The van der Waals surface area contributed by atoms with Crippen molar-refractivity contribution >= 4 is 11.7 Å². The minimum absolute atomic E-state index is 0.00899. The molecule has 3 atom stereocenters. The number of carbonyl (C=O) groups is 1. The van der Waals surface area contributed by atoms with E-state index < -0.39 is 11.6 Å². The lowest BCUT2D eigenvalue weighted by atomic mass is 9.82. The van der Waals surface area contributed by atoms with Gasteiger partial charge < -0.3 is 15.0 Å². The molecule has 2 aromatic heterocycles. The van der Waals surface area contributed by atoms with E-state index in [1.807, 2.05) is 13.0 Å². The molecule has 1 aromatic carbocycles. The normalized spacial score (nSPS) is 19.4. The Morgan fingerprint density at radius 3 is 2.71 bits per heavy atom. The molecule has 34 heavy (non-hydrogen) atoms. The molecule has 3 heterocycles. The minimum atomic E-state index is -0.855. The van der Waals surface area contributed by atoms with Gasteiger partial charge in [0.15, 0.2) is 17.4 Å². The summed E-state index contributed by atoms with van der Waals surface area (Å²) in [5, 5.41) is 2.74. The van der Waals surface area contributed by atoms with Crippen LogP contribution in [-0.2, 0) is 4.79 Å². The van der Waals surface area contributed by atoms with Gasteiger partial charge >= 0.3 is 0 Å². The standard InChI is InChI=1S/C24H25F2N5O3/c1-14-13-31(8-7-18(14)16-3-6-22(32)28-10-16)15(2)24(33)30-21-11-29-23(12-27-21)34-20-5-4-17(25)9-19(20)26/h3-6,9-12,14-15,18H,7-8,13H2,1-2H3,(H,28,32)(H,27,30,33)/t14-,15+,18-/m1/s1. The number of hydrogen-bond acceptors (Lipinski definition) is 6. The van der Waals surface area contributed by atoms with Crippen molar-refractivity contribution in [3.05, 3.63) is 76.5 Å². The average molecular weight is 469 g/mol. The van der Waals surface area contributed by atoms with Crippen LogP contribution in [0.2, 0.25) is 0 Å². The Morgan fingerprint density at radius 1 is 1.24 bits per heavy atom. The number of aromatic nitrogens is 3. The van der Waals surface area contributed by atoms with E-state index in [2.05, 4.69) is 32.1 Å². The van der Waals surface area contributed by atoms with Gasteiger partial charge in [-0.2, -0.15) is 0 Å². The van der Waals surface area contributed by atoms with Gasteiger partial charge in [0.2, 0.25) is 17.3 Å². The average Bonchev–Trinajstić information content (AvgIpc) is 2.82. The first-order valence-electron chi connectivity index (χ1n) is 11.0. The van der Waals surface area contributed by atoms with E-state index in [0.717, 1.165) is 37.2 Å². The van der Waals surface area contributed by atoms with Gasteiger partial charge in [0.1, 0.15) is 5.82 Å². The third-order valence-corrected chi connectivity index (χ3v) is 6.09. The quantitative estimate of drug-likeness (QED) is 0.571. The lowest BCUT2D eigenvalue weighted by molar-refractivity contribution is -0.121. The number of aromatic amines is 1. The number of halogens is 2. The number of likely N-dealkylation sites (tertiary alicyclic amines) is 1. The topological polar surface area (TPSA) is 100 Å². The molecule has 0 bridgehead atoms. The van der Waals surface area contributed by atoms with Gasteiger partial charge in [-0.25, -0.2) is 18.7 Å². The first-order valence-corrected chi connectivity index (χ1v) is 11.0. The fourth-order valence-electron chi connectivity index (χ4n) is 4.18. The maximum atomic E-state index is 13.7. The maximum Gasteiger partial charge on any atom is 0.247 e. The van der Waals surface area contributed by atoms with Gasteiger partial charge in [0.25, 0.3) is 0 Å². The van der Waals surface area contributed by atoms with Crippen LogP contribution in [0.25, 0.3) is 0 Å². The van der Waals surface area contributed by atoms with Crippen LogP contribution in [0.3, 0.4) is 0 Å². The number of amides is 1. The molecular formula is C24H25F2N5O3. The molecule has 0 unspecified atom stereocenters. The minimum Gasteiger partial charge on any atom is -0.434 e. The molecule has 8 nitrogen and oxygen atoms in total. The summed E-state index contributed by atoms with van der Waals surface area (Å²) in [5.74, 6) is -1.10. The van der Waals surface area contributed by atoms with Gasteiger partial charge in [-0.1, -0.05) is 13.0 Å². The Labute approximate surface area is 195 Å². The van der Waals surface area contributed by atoms with Crippen LogP contribution in [0, 0.1) is 17.6 Å². The molecule has 0 spiro atoms. The molecule has 1 aliphatic rings. The van der Waals surface area contributed by atoms with Crippen molar-refractivity contribution in [2.45, 2.75) is 32.2 Å². The molecule has 1 aliphatic heterocycles. The fourth-order valence-corrected chi connectivity index (χ4v) is 4.18. The first-order chi connectivity index (χ1) is 16.3. The van der Waals surface area contributed by atoms with Crippen LogP contribution in [0.4, 0.5) is 14.6 Å².